The van der Waals surface area contributed by atoms with Crippen LogP contribution in [-0.4, -0.2) is 193 Å². The van der Waals surface area contributed by atoms with Crippen LogP contribution in [0.4, 0.5) is 0 Å². The Morgan fingerprint density at radius 3 is 1.11 bits per heavy atom. The van der Waals surface area contributed by atoms with Gasteiger partial charge in [-0.15, -0.1) is 0 Å². The summed E-state index contributed by atoms with van der Waals surface area (Å²) in [5.41, 5.74) is 0. The second-order valence-electron chi connectivity index (χ2n) is 26.0. The number of rotatable bonds is 56. The largest absolute Gasteiger partial charge is 0.394 e. The standard InChI is InChI=1S/C71H131NO18/c1-3-5-7-9-11-13-15-17-18-19-20-21-22-23-24-25-26-27-28-29-30-31-32-33-34-35-37-39-41-43-45-47-49-59(77)72-54(55(76)48-46-44-42-40-38-36-16-14-12-10-8-6-4-2)53-85-69-65(83)62(80)67(57(51-74)87-69)90-71-66(84)63(81)68(58(52-75)88-71)89-70-64(82)61(79)60(78)56(50-73)86-70/h12,14,38,40,46,48,54-58,60-71,73-76,78-84H,3-11,13,15-37,39,41-45,47,49-53H2,1-2H3,(H,72,77)/b14-12+,40-38+,48-46+. The molecule has 3 fully saturated rings. The van der Waals surface area contributed by atoms with Crippen molar-refractivity contribution >= 4 is 5.91 Å². The van der Waals surface area contributed by atoms with Gasteiger partial charge in [-0.25, -0.2) is 0 Å². The molecular weight excluding hydrogens is 1150 g/mol. The molecule has 0 aromatic heterocycles. The molecule has 90 heavy (non-hydrogen) atoms. The monoisotopic (exact) mass is 1290 g/mol. The van der Waals surface area contributed by atoms with E-state index in [1.165, 1.54) is 199 Å². The van der Waals surface area contributed by atoms with Crippen molar-refractivity contribution in [1.29, 1.82) is 0 Å². The van der Waals surface area contributed by atoms with E-state index in [0.717, 1.165) is 44.9 Å². The fourth-order valence-electron chi connectivity index (χ4n) is 12.3. The second-order valence-corrected chi connectivity index (χ2v) is 26.0. The number of aliphatic hydroxyl groups excluding tert-OH is 11. The van der Waals surface area contributed by atoms with E-state index in [4.69, 9.17) is 28.4 Å². The maximum Gasteiger partial charge on any atom is 0.220 e. The lowest BCUT2D eigenvalue weighted by Gasteiger charge is -2.48. The van der Waals surface area contributed by atoms with Crippen molar-refractivity contribution in [3.8, 4) is 0 Å². The van der Waals surface area contributed by atoms with Crippen LogP contribution in [0.5, 0.6) is 0 Å². The number of unbranched alkanes of at least 4 members (excludes halogenated alkanes) is 36. The molecule has 17 unspecified atom stereocenters. The molecule has 3 aliphatic heterocycles. The summed E-state index contributed by atoms with van der Waals surface area (Å²) in [5, 5.41) is 120. The highest BCUT2D eigenvalue weighted by Gasteiger charge is 2.53. The zero-order valence-corrected chi connectivity index (χ0v) is 55.9. The lowest BCUT2D eigenvalue weighted by molar-refractivity contribution is -0.379. The first-order valence-corrected chi connectivity index (χ1v) is 36.2. The lowest BCUT2D eigenvalue weighted by Crippen LogP contribution is -2.66. The number of amides is 1. The lowest BCUT2D eigenvalue weighted by atomic mass is 9.96. The van der Waals surface area contributed by atoms with Crippen molar-refractivity contribution in [2.45, 2.75) is 381 Å². The summed E-state index contributed by atoms with van der Waals surface area (Å²) in [6.45, 7) is 1.69. The summed E-state index contributed by atoms with van der Waals surface area (Å²) < 4.78 is 34.3. The normalized spacial score (nSPS) is 28.2. The molecule has 528 valence electrons. The molecule has 0 spiro atoms. The Morgan fingerprint density at radius 1 is 0.389 bits per heavy atom. The predicted molar refractivity (Wildman–Crippen MR) is 351 cm³/mol. The van der Waals surface area contributed by atoms with Crippen LogP contribution in [0, 0.1) is 0 Å². The van der Waals surface area contributed by atoms with Gasteiger partial charge in [-0.1, -0.05) is 262 Å². The summed E-state index contributed by atoms with van der Waals surface area (Å²) in [6, 6.07) is -0.993. The topological polar surface area (TPSA) is 307 Å². The van der Waals surface area contributed by atoms with Gasteiger partial charge in [0.2, 0.25) is 5.91 Å². The fraction of sp³-hybridized carbons (Fsp3) is 0.901. The molecule has 0 radical (unpaired) electrons. The molecule has 3 saturated heterocycles. The van der Waals surface area contributed by atoms with Crippen molar-refractivity contribution in [1.82, 2.24) is 5.32 Å². The van der Waals surface area contributed by atoms with E-state index in [1.807, 2.05) is 6.08 Å². The minimum atomic E-state index is -1.98. The van der Waals surface area contributed by atoms with Gasteiger partial charge in [0, 0.05) is 6.42 Å². The van der Waals surface area contributed by atoms with Crippen LogP contribution >= 0.6 is 0 Å². The van der Waals surface area contributed by atoms with E-state index < -0.39 is 124 Å². The van der Waals surface area contributed by atoms with Crippen molar-refractivity contribution in [3.63, 3.8) is 0 Å². The maximum absolute atomic E-state index is 13.4. The van der Waals surface area contributed by atoms with Crippen molar-refractivity contribution in [2.75, 3.05) is 26.4 Å². The zero-order chi connectivity index (χ0) is 65.4. The number of nitrogens with one attached hydrogen (secondary N) is 1. The van der Waals surface area contributed by atoms with Gasteiger partial charge in [0.05, 0.1) is 38.6 Å². The zero-order valence-electron chi connectivity index (χ0n) is 55.9. The number of hydrogen-bond donors (Lipinski definition) is 12. The van der Waals surface area contributed by atoms with E-state index in [9.17, 15) is 61.0 Å². The van der Waals surface area contributed by atoms with Gasteiger partial charge in [-0.05, 0) is 44.9 Å². The molecule has 3 rings (SSSR count). The predicted octanol–water partition coefficient (Wildman–Crippen LogP) is 10.00. The Hall–Kier alpha value is -1.99. The minimum absolute atomic E-state index is 0.236. The van der Waals surface area contributed by atoms with E-state index in [-0.39, 0.29) is 18.9 Å². The third-order valence-electron chi connectivity index (χ3n) is 18.2. The minimum Gasteiger partial charge on any atom is -0.394 e. The second kappa shape index (κ2) is 53.2. The quantitative estimate of drug-likeness (QED) is 0.0199. The van der Waals surface area contributed by atoms with Gasteiger partial charge in [-0.2, -0.15) is 0 Å². The number of allylic oxidation sites excluding steroid dienone is 5. The smallest absolute Gasteiger partial charge is 0.220 e. The molecule has 0 saturated carbocycles. The molecule has 3 heterocycles. The third-order valence-corrected chi connectivity index (χ3v) is 18.2. The average Bonchev–Trinajstić information content (AvgIpc) is 1.23. The first-order valence-electron chi connectivity index (χ1n) is 36.2. The highest BCUT2D eigenvalue weighted by Crippen LogP contribution is 2.33. The van der Waals surface area contributed by atoms with Crippen molar-refractivity contribution < 1.29 is 89.4 Å². The van der Waals surface area contributed by atoms with E-state index >= 15 is 0 Å². The first kappa shape index (κ1) is 82.2. The number of carbonyl (C=O) groups is 1. The van der Waals surface area contributed by atoms with Crippen LogP contribution in [0.2, 0.25) is 0 Å². The van der Waals surface area contributed by atoms with Crippen LogP contribution in [0.3, 0.4) is 0 Å². The summed E-state index contributed by atoms with van der Waals surface area (Å²) in [4.78, 5) is 13.4. The molecule has 12 N–H and O–H groups in total. The maximum atomic E-state index is 13.4. The SMILES string of the molecule is CCCCC/C=C/CC/C=C/CC/C=C/C(O)C(COC1OC(CO)C(OC2OC(CO)C(OC3OC(CO)C(O)C(O)C3O)C(O)C2O)C(O)C1O)NC(=O)CCCCCCCCCCCCCCCCCCCCCCCCCCCCCCCCCC. The number of hydrogen-bond acceptors (Lipinski definition) is 18. The van der Waals surface area contributed by atoms with Crippen LogP contribution < -0.4 is 5.32 Å². The van der Waals surface area contributed by atoms with Crippen LogP contribution in [0.1, 0.15) is 277 Å². The van der Waals surface area contributed by atoms with Gasteiger partial charge in [0.25, 0.3) is 0 Å². The van der Waals surface area contributed by atoms with Gasteiger partial charge in [-0.3, -0.25) is 4.79 Å². The van der Waals surface area contributed by atoms with Crippen LogP contribution in [-0.2, 0) is 33.2 Å². The summed E-state index contributed by atoms with van der Waals surface area (Å²) in [5.74, 6) is -0.286. The average molecular weight is 1290 g/mol. The molecule has 0 aromatic carbocycles. The Bertz CT molecular complexity index is 1780. The first-order chi connectivity index (χ1) is 43.8. The summed E-state index contributed by atoms with van der Waals surface area (Å²) in [7, 11) is 0. The molecular formula is C71H131NO18. The van der Waals surface area contributed by atoms with Gasteiger partial charge in [0.1, 0.15) is 73.2 Å². The Labute approximate surface area is 542 Å². The molecule has 1 amide bonds. The van der Waals surface area contributed by atoms with Gasteiger partial charge in [0.15, 0.2) is 18.9 Å². The van der Waals surface area contributed by atoms with Crippen molar-refractivity contribution in [3.05, 3.63) is 36.5 Å². The van der Waals surface area contributed by atoms with Crippen LogP contribution in [0.15, 0.2) is 36.5 Å². The van der Waals surface area contributed by atoms with E-state index in [1.54, 1.807) is 6.08 Å². The van der Waals surface area contributed by atoms with E-state index in [0.29, 0.717) is 12.8 Å². The highest BCUT2D eigenvalue weighted by molar-refractivity contribution is 5.76. The number of ether oxygens (including phenoxy) is 6. The Balaban J connectivity index is 1.35. The van der Waals surface area contributed by atoms with Crippen LogP contribution in [0.25, 0.3) is 0 Å². The van der Waals surface area contributed by atoms with E-state index in [2.05, 4.69) is 43.5 Å². The molecule has 0 bridgehead atoms. The molecule has 19 nitrogen and oxygen atoms in total. The molecule has 17 atom stereocenters. The highest BCUT2D eigenvalue weighted by atomic mass is 16.8. The molecule has 0 aromatic rings. The number of carbonyl (C=O) groups excluding carboxylic acids is 1. The third kappa shape index (κ3) is 34.6. The van der Waals surface area contributed by atoms with Crippen molar-refractivity contribution in [2.24, 2.45) is 0 Å². The molecule has 3 aliphatic rings. The molecule has 19 heteroatoms. The Kier molecular flexibility index (Phi) is 48.6. The number of aliphatic hydroxyl groups is 11. The fourth-order valence-corrected chi connectivity index (χ4v) is 12.3. The van der Waals surface area contributed by atoms with Gasteiger partial charge >= 0.3 is 0 Å². The summed E-state index contributed by atoms with van der Waals surface area (Å²) >= 11 is 0. The Morgan fingerprint density at radius 2 is 0.711 bits per heavy atom. The molecule has 0 aliphatic carbocycles. The van der Waals surface area contributed by atoms with Gasteiger partial charge < -0.3 is 89.9 Å². The summed E-state index contributed by atoms with van der Waals surface area (Å²) in [6.07, 6.45) is 35.9.